The van der Waals surface area contributed by atoms with Gasteiger partial charge in [0.2, 0.25) is 0 Å². The Hall–Kier alpha value is -0.890. The molecule has 0 radical (unpaired) electrons. The van der Waals surface area contributed by atoms with E-state index in [2.05, 4.69) is 0 Å². The van der Waals surface area contributed by atoms with Crippen LogP contribution in [0.2, 0.25) is 0 Å². The van der Waals surface area contributed by atoms with Crippen molar-refractivity contribution in [3.05, 3.63) is 34.6 Å². The van der Waals surface area contributed by atoms with E-state index < -0.39 is 0 Å². The Morgan fingerprint density at radius 3 is 2.33 bits per heavy atom. The van der Waals surface area contributed by atoms with Crippen LogP contribution in [0.15, 0.2) is 12.1 Å². The fourth-order valence-corrected chi connectivity index (χ4v) is 2.64. The summed E-state index contributed by atoms with van der Waals surface area (Å²) in [6, 6.07) is 3.54. The lowest BCUT2D eigenvalue weighted by Gasteiger charge is -2.26. The van der Waals surface area contributed by atoms with Gasteiger partial charge in [-0.3, -0.25) is 0 Å². The summed E-state index contributed by atoms with van der Waals surface area (Å²) >= 11 is 0. The van der Waals surface area contributed by atoms with Gasteiger partial charge < -0.3 is 5.73 Å². The van der Waals surface area contributed by atoms with E-state index in [0.717, 1.165) is 36.8 Å². The van der Waals surface area contributed by atoms with Crippen LogP contribution in [0.3, 0.4) is 0 Å². The maximum atomic E-state index is 13.5. The molecule has 0 aromatic heterocycles. The van der Waals surface area contributed by atoms with Crippen molar-refractivity contribution in [1.29, 1.82) is 0 Å². The van der Waals surface area contributed by atoms with Gasteiger partial charge in [0.05, 0.1) is 0 Å². The molecule has 82 valence electrons. The van der Waals surface area contributed by atoms with Crippen molar-refractivity contribution < 1.29 is 4.39 Å². The van der Waals surface area contributed by atoms with Gasteiger partial charge in [0.1, 0.15) is 5.82 Å². The molecule has 2 rings (SSSR count). The highest BCUT2D eigenvalue weighted by Crippen LogP contribution is 2.38. The van der Waals surface area contributed by atoms with Gasteiger partial charge >= 0.3 is 0 Å². The first kappa shape index (κ1) is 10.6. The lowest BCUT2D eigenvalue weighted by atomic mass is 9.85. The fourth-order valence-electron chi connectivity index (χ4n) is 2.64. The molecule has 0 atom stereocenters. The standard InChI is InChI=1S/C13H18FN/c1-9-7-10(2)12(14)8-11(9)13(15)5-3-4-6-13/h7-8H,3-6,15H2,1-2H3. The topological polar surface area (TPSA) is 26.0 Å². The predicted molar refractivity (Wildman–Crippen MR) is 60.2 cm³/mol. The van der Waals surface area contributed by atoms with Crippen LogP contribution in [0, 0.1) is 19.7 Å². The highest BCUT2D eigenvalue weighted by molar-refractivity contribution is 5.37. The summed E-state index contributed by atoms with van der Waals surface area (Å²) < 4.78 is 13.5. The zero-order chi connectivity index (χ0) is 11.1. The average molecular weight is 207 g/mol. The number of benzene rings is 1. The minimum atomic E-state index is -0.279. The fraction of sp³-hybridized carbons (Fsp3) is 0.538. The normalized spacial score (nSPS) is 19.5. The van der Waals surface area contributed by atoms with Crippen molar-refractivity contribution in [2.24, 2.45) is 5.73 Å². The summed E-state index contributed by atoms with van der Waals surface area (Å²) in [4.78, 5) is 0. The van der Waals surface area contributed by atoms with E-state index in [1.54, 1.807) is 13.0 Å². The lowest BCUT2D eigenvalue weighted by molar-refractivity contribution is 0.454. The van der Waals surface area contributed by atoms with Gasteiger partial charge in [-0.25, -0.2) is 4.39 Å². The molecule has 1 aliphatic rings. The second kappa shape index (κ2) is 3.60. The molecule has 1 aromatic rings. The summed E-state index contributed by atoms with van der Waals surface area (Å²) in [6.45, 7) is 3.82. The third-order valence-electron chi connectivity index (χ3n) is 3.54. The summed E-state index contributed by atoms with van der Waals surface area (Å²) in [6.07, 6.45) is 4.28. The number of halogens is 1. The van der Waals surface area contributed by atoms with E-state index in [9.17, 15) is 4.39 Å². The highest BCUT2D eigenvalue weighted by Gasteiger charge is 2.32. The summed E-state index contributed by atoms with van der Waals surface area (Å²) in [5.74, 6) is -0.132. The molecule has 0 amide bonds. The number of hydrogen-bond donors (Lipinski definition) is 1. The van der Waals surface area contributed by atoms with E-state index in [1.807, 2.05) is 13.0 Å². The van der Waals surface area contributed by atoms with E-state index in [0.29, 0.717) is 5.56 Å². The Kier molecular flexibility index (Phi) is 2.55. The maximum Gasteiger partial charge on any atom is 0.126 e. The highest BCUT2D eigenvalue weighted by atomic mass is 19.1. The molecule has 1 aliphatic carbocycles. The summed E-state index contributed by atoms with van der Waals surface area (Å²) in [5.41, 5.74) is 8.89. The molecule has 1 fully saturated rings. The van der Waals surface area contributed by atoms with E-state index in [4.69, 9.17) is 5.73 Å². The third kappa shape index (κ3) is 1.78. The SMILES string of the molecule is Cc1cc(C)c(C2(N)CCCC2)cc1F. The first-order chi connectivity index (χ1) is 7.03. The molecular formula is C13H18FN. The smallest absolute Gasteiger partial charge is 0.126 e. The predicted octanol–water partition coefficient (Wildman–Crippen LogP) is 3.17. The van der Waals surface area contributed by atoms with Crippen LogP contribution in [0.5, 0.6) is 0 Å². The van der Waals surface area contributed by atoms with Crippen LogP contribution in [0.25, 0.3) is 0 Å². The molecule has 0 bridgehead atoms. The van der Waals surface area contributed by atoms with Crippen LogP contribution < -0.4 is 5.73 Å². The Morgan fingerprint density at radius 1 is 1.13 bits per heavy atom. The Bertz CT molecular complexity index is 378. The molecule has 0 unspecified atom stereocenters. The number of hydrogen-bond acceptors (Lipinski definition) is 1. The summed E-state index contributed by atoms with van der Waals surface area (Å²) in [7, 11) is 0. The second-order valence-electron chi connectivity index (χ2n) is 4.78. The molecule has 0 heterocycles. The molecule has 0 saturated heterocycles. The first-order valence-electron chi connectivity index (χ1n) is 5.59. The molecule has 1 saturated carbocycles. The molecule has 2 N–H and O–H groups in total. The quantitative estimate of drug-likeness (QED) is 0.752. The molecule has 0 aliphatic heterocycles. The van der Waals surface area contributed by atoms with Gasteiger partial charge in [0.15, 0.2) is 0 Å². The second-order valence-corrected chi connectivity index (χ2v) is 4.78. The van der Waals surface area contributed by atoms with Crippen molar-refractivity contribution in [1.82, 2.24) is 0 Å². The van der Waals surface area contributed by atoms with Crippen molar-refractivity contribution in [2.45, 2.75) is 45.1 Å². The van der Waals surface area contributed by atoms with Crippen LogP contribution in [-0.4, -0.2) is 0 Å². The Balaban J connectivity index is 2.48. The molecule has 0 spiro atoms. The van der Waals surface area contributed by atoms with Crippen molar-refractivity contribution >= 4 is 0 Å². The van der Waals surface area contributed by atoms with Crippen LogP contribution >= 0.6 is 0 Å². The first-order valence-corrected chi connectivity index (χ1v) is 5.59. The van der Waals surface area contributed by atoms with Crippen LogP contribution in [-0.2, 0) is 5.54 Å². The monoisotopic (exact) mass is 207 g/mol. The van der Waals surface area contributed by atoms with E-state index in [1.165, 1.54) is 0 Å². The van der Waals surface area contributed by atoms with E-state index in [-0.39, 0.29) is 11.4 Å². The zero-order valence-corrected chi connectivity index (χ0v) is 9.44. The van der Waals surface area contributed by atoms with Crippen molar-refractivity contribution in [3.8, 4) is 0 Å². The van der Waals surface area contributed by atoms with Crippen molar-refractivity contribution in [2.75, 3.05) is 0 Å². The zero-order valence-electron chi connectivity index (χ0n) is 9.44. The number of rotatable bonds is 1. The Labute approximate surface area is 90.5 Å². The third-order valence-corrected chi connectivity index (χ3v) is 3.54. The number of aryl methyl sites for hydroxylation is 2. The molecule has 2 heteroatoms. The van der Waals surface area contributed by atoms with Gasteiger partial charge in [-0.2, -0.15) is 0 Å². The molecular weight excluding hydrogens is 189 g/mol. The molecule has 1 nitrogen and oxygen atoms in total. The average Bonchev–Trinajstić information content (AvgIpc) is 2.60. The van der Waals surface area contributed by atoms with Crippen molar-refractivity contribution in [3.63, 3.8) is 0 Å². The van der Waals surface area contributed by atoms with Crippen LogP contribution in [0.1, 0.15) is 42.4 Å². The molecule has 1 aromatic carbocycles. The lowest BCUT2D eigenvalue weighted by Crippen LogP contribution is -2.34. The van der Waals surface area contributed by atoms with Gasteiger partial charge in [0, 0.05) is 5.54 Å². The van der Waals surface area contributed by atoms with Gasteiger partial charge in [-0.05, 0) is 49.4 Å². The minimum Gasteiger partial charge on any atom is -0.321 e. The largest absolute Gasteiger partial charge is 0.321 e. The van der Waals surface area contributed by atoms with Gasteiger partial charge in [-0.15, -0.1) is 0 Å². The van der Waals surface area contributed by atoms with Crippen LogP contribution in [0.4, 0.5) is 4.39 Å². The summed E-state index contributed by atoms with van der Waals surface area (Å²) in [5, 5.41) is 0. The van der Waals surface area contributed by atoms with Gasteiger partial charge in [0.25, 0.3) is 0 Å². The number of nitrogens with two attached hydrogens (primary N) is 1. The molecule has 15 heavy (non-hydrogen) atoms. The minimum absolute atomic E-state index is 0.132. The Morgan fingerprint density at radius 2 is 1.73 bits per heavy atom. The maximum absolute atomic E-state index is 13.5. The van der Waals surface area contributed by atoms with Gasteiger partial charge in [-0.1, -0.05) is 18.9 Å². The van der Waals surface area contributed by atoms with E-state index >= 15 is 0 Å².